The van der Waals surface area contributed by atoms with E-state index in [2.05, 4.69) is 0 Å². The highest BCUT2D eigenvalue weighted by Gasteiger charge is 2.27. The van der Waals surface area contributed by atoms with E-state index < -0.39 is 40.1 Å². The second-order valence-corrected chi connectivity index (χ2v) is 6.87. The largest absolute Gasteiger partial charge is 0.480 e. The zero-order chi connectivity index (χ0) is 15.5. The third-order valence-corrected chi connectivity index (χ3v) is 4.81. The minimum Gasteiger partial charge on any atom is -0.480 e. The summed E-state index contributed by atoms with van der Waals surface area (Å²) in [6.45, 7) is 2.55. The Hall–Kier alpha value is -1.18. The van der Waals surface area contributed by atoms with E-state index in [1.807, 2.05) is 0 Å². The third-order valence-electron chi connectivity index (χ3n) is 2.56. The van der Waals surface area contributed by atoms with Crippen LogP contribution in [0.1, 0.15) is 19.4 Å². The lowest BCUT2D eigenvalue weighted by molar-refractivity contribution is -0.137. The number of carboxylic acids is 1. The Kier molecular flexibility index (Phi) is 5.50. The lowest BCUT2D eigenvalue weighted by Crippen LogP contribution is -2.41. The van der Waals surface area contributed by atoms with Gasteiger partial charge in [-0.05, 0) is 31.5 Å². The highest BCUT2D eigenvalue weighted by molar-refractivity contribution is 7.88. The fraction of sp³-hybridized carbons (Fsp3) is 0.417. The molecule has 1 N–H and O–H groups in total. The first kappa shape index (κ1) is 16.9. The van der Waals surface area contributed by atoms with Crippen molar-refractivity contribution in [2.24, 2.45) is 0 Å². The normalized spacial score (nSPS) is 12.1. The average Bonchev–Trinajstić information content (AvgIpc) is 2.30. The van der Waals surface area contributed by atoms with Crippen LogP contribution in [-0.4, -0.2) is 36.4 Å². The molecule has 1 aromatic carbocycles. The number of carbonyl (C=O) groups is 1. The monoisotopic (exact) mass is 323 g/mol. The lowest BCUT2D eigenvalue weighted by Gasteiger charge is -2.24. The van der Waals surface area contributed by atoms with Crippen molar-refractivity contribution in [1.82, 2.24) is 4.31 Å². The molecule has 5 nitrogen and oxygen atoms in total. The molecular formula is C12H15ClFNO4S. The SMILES string of the molecule is CC(C)N(CC(=O)O)S(=O)(=O)Cc1ccc(F)c(Cl)c1. The number of halogens is 2. The number of benzene rings is 1. The fourth-order valence-electron chi connectivity index (χ4n) is 1.66. The van der Waals surface area contributed by atoms with E-state index in [0.717, 1.165) is 10.4 Å². The molecule has 0 aromatic heterocycles. The molecule has 0 saturated carbocycles. The minimum absolute atomic E-state index is 0.174. The van der Waals surface area contributed by atoms with Gasteiger partial charge < -0.3 is 5.11 Å². The Morgan fingerprint density at radius 1 is 1.45 bits per heavy atom. The van der Waals surface area contributed by atoms with Gasteiger partial charge in [0.15, 0.2) is 0 Å². The molecule has 1 aromatic rings. The summed E-state index contributed by atoms with van der Waals surface area (Å²) in [7, 11) is -3.83. The molecule has 8 heteroatoms. The van der Waals surface area contributed by atoms with Crippen molar-refractivity contribution in [2.75, 3.05) is 6.54 Å². The highest BCUT2D eigenvalue weighted by Crippen LogP contribution is 2.19. The molecule has 0 bridgehead atoms. The van der Waals surface area contributed by atoms with E-state index in [0.29, 0.717) is 5.56 Å². The van der Waals surface area contributed by atoms with Crippen LogP contribution in [0.15, 0.2) is 18.2 Å². The molecule has 0 amide bonds. The Labute approximate surface area is 122 Å². The van der Waals surface area contributed by atoms with Crippen LogP contribution in [0.2, 0.25) is 5.02 Å². The first-order chi connectivity index (χ1) is 9.13. The molecule has 0 heterocycles. The molecule has 0 fully saturated rings. The van der Waals surface area contributed by atoms with Crippen LogP contribution < -0.4 is 0 Å². The Morgan fingerprint density at radius 3 is 2.50 bits per heavy atom. The summed E-state index contributed by atoms with van der Waals surface area (Å²) in [5, 5.41) is 8.59. The van der Waals surface area contributed by atoms with Gasteiger partial charge in [0.1, 0.15) is 12.4 Å². The summed E-state index contributed by atoms with van der Waals surface area (Å²) in [5.74, 6) is -2.31. The van der Waals surface area contributed by atoms with Crippen LogP contribution in [0, 0.1) is 5.82 Å². The van der Waals surface area contributed by atoms with E-state index in [-0.39, 0.29) is 5.02 Å². The number of sulfonamides is 1. The number of rotatable bonds is 6. The van der Waals surface area contributed by atoms with Gasteiger partial charge in [0.25, 0.3) is 0 Å². The number of hydrogen-bond donors (Lipinski definition) is 1. The predicted molar refractivity (Wildman–Crippen MR) is 73.5 cm³/mol. The van der Waals surface area contributed by atoms with Gasteiger partial charge in [-0.1, -0.05) is 17.7 Å². The van der Waals surface area contributed by atoms with E-state index in [1.54, 1.807) is 13.8 Å². The Morgan fingerprint density at radius 2 is 2.05 bits per heavy atom. The average molecular weight is 324 g/mol. The molecule has 112 valence electrons. The molecule has 0 aliphatic rings. The van der Waals surface area contributed by atoms with Crippen LogP contribution in [0.3, 0.4) is 0 Å². The topological polar surface area (TPSA) is 74.7 Å². The van der Waals surface area contributed by atoms with E-state index in [4.69, 9.17) is 16.7 Å². The predicted octanol–water partition coefficient (Wildman–Crippen LogP) is 2.10. The van der Waals surface area contributed by atoms with Crippen LogP contribution in [0.25, 0.3) is 0 Å². The van der Waals surface area contributed by atoms with Gasteiger partial charge in [0.2, 0.25) is 10.0 Å². The second kappa shape index (κ2) is 6.51. The smallest absolute Gasteiger partial charge is 0.318 e. The first-order valence-corrected chi connectivity index (χ1v) is 7.77. The van der Waals surface area contributed by atoms with Crippen LogP contribution >= 0.6 is 11.6 Å². The summed E-state index contributed by atoms with van der Waals surface area (Å²) in [6, 6.07) is 3.10. The van der Waals surface area contributed by atoms with Crippen LogP contribution in [0.5, 0.6) is 0 Å². The minimum atomic E-state index is -3.83. The van der Waals surface area contributed by atoms with Gasteiger partial charge in [-0.25, -0.2) is 12.8 Å². The van der Waals surface area contributed by atoms with Crippen LogP contribution in [0.4, 0.5) is 4.39 Å². The molecular weight excluding hydrogens is 309 g/mol. The van der Waals surface area contributed by atoms with Crippen molar-refractivity contribution in [3.8, 4) is 0 Å². The van der Waals surface area contributed by atoms with Crippen molar-refractivity contribution < 1.29 is 22.7 Å². The maximum Gasteiger partial charge on any atom is 0.318 e. The van der Waals surface area contributed by atoms with Gasteiger partial charge in [-0.2, -0.15) is 4.31 Å². The molecule has 0 aliphatic heterocycles. The van der Waals surface area contributed by atoms with E-state index >= 15 is 0 Å². The first-order valence-electron chi connectivity index (χ1n) is 5.78. The van der Waals surface area contributed by atoms with E-state index in [1.165, 1.54) is 12.1 Å². The van der Waals surface area contributed by atoms with Gasteiger partial charge in [-0.3, -0.25) is 4.79 Å². The quantitative estimate of drug-likeness (QED) is 0.870. The number of aliphatic carboxylic acids is 1. The number of nitrogens with zero attached hydrogens (tertiary/aromatic N) is 1. The van der Waals surface area contributed by atoms with Crippen molar-refractivity contribution in [2.45, 2.75) is 25.6 Å². The van der Waals surface area contributed by atoms with Gasteiger partial charge in [-0.15, -0.1) is 0 Å². The molecule has 20 heavy (non-hydrogen) atoms. The summed E-state index contributed by atoms with van der Waals surface area (Å²) in [5.41, 5.74) is 0.299. The Balaban J connectivity index is 3.02. The van der Waals surface area contributed by atoms with Crippen molar-refractivity contribution >= 4 is 27.6 Å². The lowest BCUT2D eigenvalue weighted by atomic mass is 10.2. The number of carboxylic acid groups (broad SMARTS) is 1. The molecule has 0 aliphatic carbocycles. The summed E-state index contributed by atoms with van der Waals surface area (Å²) in [4.78, 5) is 10.7. The summed E-state index contributed by atoms with van der Waals surface area (Å²) < 4.78 is 38.3. The van der Waals surface area contributed by atoms with Crippen molar-refractivity contribution in [3.63, 3.8) is 0 Å². The molecule has 0 unspecified atom stereocenters. The Bertz CT molecular complexity index is 603. The molecule has 0 saturated heterocycles. The van der Waals surface area contributed by atoms with E-state index in [9.17, 15) is 17.6 Å². The highest BCUT2D eigenvalue weighted by atomic mass is 35.5. The van der Waals surface area contributed by atoms with Crippen LogP contribution in [-0.2, 0) is 20.6 Å². The van der Waals surface area contributed by atoms with Gasteiger partial charge in [0.05, 0.1) is 10.8 Å². The number of hydrogen-bond acceptors (Lipinski definition) is 3. The fourth-order valence-corrected chi connectivity index (χ4v) is 3.58. The summed E-state index contributed by atoms with van der Waals surface area (Å²) in [6.07, 6.45) is 0. The molecule has 0 atom stereocenters. The maximum atomic E-state index is 13.0. The third kappa shape index (κ3) is 4.43. The zero-order valence-electron chi connectivity index (χ0n) is 11.0. The zero-order valence-corrected chi connectivity index (χ0v) is 12.6. The van der Waals surface area contributed by atoms with Crippen molar-refractivity contribution in [1.29, 1.82) is 0 Å². The standard InChI is InChI=1S/C12H15ClFNO4S/c1-8(2)15(6-12(16)17)20(18,19)7-9-3-4-11(14)10(13)5-9/h3-5,8H,6-7H2,1-2H3,(H,16,17). The second-order valence-electron chi connectivity index (χ2n) is 4.54. The van der Waals surface area contributed by atoms with Gasteiger partial charge >= 0.3 is 5.97 Å². The molecule has 0 radical (unpaired) electrons. The molecule has 1 rings (SSSR count). The summed E-state index contributed by atoms with van der Waals surface area (Å²) >= 11 is 5.59. The van der Waals surface area contributed by atoms with Gasteiger partial charge in [0, 0.05) is 6.04 Å². The maximum absolute atomic E-state index is 13.0. The van der Waals surface area contributed by atoms with Crippen molar-refractivity contribution in [3.05, 3.63) is 34.6 Å². The molecule has 0 spiro atoms.